The van der Waals surface area contributed by atoms with Crippen LogP contribution in [0.4, 0.5) is 17.1 Å². The van der Waals surface area contributed by atoms with E-state index in [0.29, 0.717) is 22.6 Å². The van der Waals surface area contributed by atoms with Crippen molar-refractivity contribution in [2.75, 3.05) is 36.6 Å². The quantitative estimate of drug-likeness (QED) is 0.576. The zero-order valence-electron chi connectivity index (χ0n) is 17.6. The highest BCUT2D eigenvalue weighted by Crippen LogP contribution is 2.30. The van der Waals surface area contributed by atoms with Crippen molar-refractivity contribution in [1.82, 2.24) is 4.90 Å². The van der Waals surface area contributed by atoms with Gasteiger partial charge in [-0.05, 0) is 53.4 Å². The Morgan fingerprint density at radius 3 is 2.32 bits per heavy atom. The van der Waals surface area contributed by atoms with E-state index < -0.39 is 0 Å². The van der Waals surface area contributed by atoms with E-state index in [9.17, 15) is 14.4 Å². The van der Waals surface area contributed by atoms with Crippen LogP contribution in [0.15, 0.2) is 60.0 Å². The number of amides is 3. The lowest BCUT2D eigenvalue weighted by Crippen LogP contribution is -2.39. The number of nitrogens with two attached hydrogens (primary N) is 1. The summed E-state index contributed by atoms with van der Waals surface area (Å²) in [5.74, 6) is -0.774. The lowest BCUT2D eigenvalue weighted by Gasteiger charge is -2.22. The summed E-state index contributed by atoms with van der Waals surface area (Å²) >= 11 is 1.61. The zero-order valence-corrected chi connectivity index (χ0v) is 18.4. The summed E-state index contributed by atoms with van der Waals surface area (Å²) in [5.41, 5.74) is 8.96. The van der Waals surface area contributed by atoms with Gasteiger partial charge in [0.1, 0.15) is 6.54 Å². The Morgan fingerprint density at radius 1 is 1.03 bits per heavy atom. The molecule has 160 valence electrons. The minimum atomic E-state index is -0.319. The van der Waals surface area contributed by atoms with E-state index in [2.05, 4.69) is 5.32 Å². The Morgan fingerprint density at radius 2 is 1.74 bits per heavy atom. The molecule has 0 saturated heterocycles. The second-order valence-corrected chi connectivity index (χ2v) is 8.12. The van der Waals surface area contributed by atoms with Crippen molar-refractivity contribution in [2.45, 2.75) is 6.92 Å². The third kappa shape index (κ3) is 5.29. The Bertz CT molecular complexity index is 1090. The molecule has 3 rings (SSSR count). The van der Waals surface area contributed by atoms with E-state index in [1.165, 1.54) is 16.7 Å². The number of anilines is 3. The van der Waals surface area contributed by atoms with Gasteiger partial charge in [-0.1, -0.05) is 12.1 Å². The van der Waals surface area contributed by atoms with E-state index in [4.69, 9.17) is 5.73 Å². The van der Waals surface area contributed by atoms with Gasteiger partial charge in [-0.25, -0.2) is 0 Å². The molecule has 0 atom stereocenters. The van der Waals surface area contributed by atoms with E-state index >= 15 is 0 Å². The zero-order chi connectivity index (χ0) is 22.5. The monoisotopic (exact) mass is 436 g/mol. The van der Waals surface area contributed by atoms with E-state index in [0.717, 1.165) is 10.4 Å². The highest BCUT2D eigenvalue weighted by molar-refractivity contribution is 7.13. The van der Waals surface area contributed by atoms with Crippen molar-refractivity contribution < 1.29 is 14.4 Å². The van der Waals surface area contributed by atoms with Crippen molar-refractivity contribution in [2.24, 2.45) is 0 Å². The number of thiophene rings is 1. The van der Waals surface area contributed by atoms with Crippen LogP contribution in [0, 0.1) is 0 Å². The molecule has 1 aromatic heterocycles. The fraction of sp³-hybridized carbons (Fsp3) is 0.174. The number of hydrogen-bond donors (Lipinski definition) is 2. The highest BCUT2D eigenvalue weighted by atomic mass is 32.1. The third-order valence-corrected chi connectivity index (χ3v) is 5.64. The molecule has 0 aliphatic heterocycles. The molecule has 1 heterocycles. The van der Waals surface area contributed by atoms with Crippen molar-refractivity contribution in [3.05, 3.63) is 65.5 Å². The van der Waals surface area contributed by atoms with E-state index in [1.54, 1.807) is 55.8 Å². The second kappa shape index (κ2) is 9.44. The molecular formula is C23H24N4O3S. The van der Waals surface area contributed by atoms with Gasteiger partial charge >= 0.3 is 0 Å². The molecule has 0 unspecified atom stereocenters. The normalized spacial score (nSPS) is 10.4. The van der Waals surface area contributed by atoms with Gasteiger partial charge in [-0.15, -0.1) is 11.3 Å². The van der Waals surface area contributed by atoms with Gasteiger partial charge in [0.25, 0.3) is 5.91 Å². The molecule has 3 amide bonds. The SMILES string of the molecule is CC(=O)N(CC(=O)N(C)C)c1ccc(C(=O)Nc2cc(-c3cccs3)ccc2N)cc1. The van der Waals surface area contributed by atoms with Crippen molar-refractivity contribution >= 4 is 46.1 Å². The van der Waals surface area contributed by atoms with Crippen molar-refractivity contribution in [3.63, 3.8) is 0 Å². The minimum Gasteiger partial charge on any atom is -0.397 e. The van der Waals surface area contributed by atoms with E-state index in [1.807, 2.05) is 29.6 Å². The Labute approximate surface area is 185 Å². The predicted octanol–water partition coefficient (Wildman–Crippen LogP) is 3.69. The molecule has 3 N–H and O–H groups in total. The topological polar surface area (TPSA) is 95.7 Å². The van der Waals surface area contributed by atoms with Crippen LogP contribution in [0.1, 0.15) is 17.3 Å². The first-order chi connectivity index (χ1) is 14.8. The van der Waals surface area contributed by atoms with Crippen LogP contribution >= 0.6 is 11.3 Å². The molecule has 3 aromatic rings. The first kappa shape index (κ1) is 22.0. The van der Waals surface area contributed by atoms with Gasteiger partial charge in [0.15, 0.2) is 0 Å². The number of carbonyl (C=O) groups excluding carboxylic acids is 3. The summed E-state index contributed by atoms with van der Waals surface area (Å²) in [6.45, 7) is 1.33. The maximum absolute atomic E-state index is 12.7. The standard InChI is InChI=1S/C23H24N4O3S/c1-15(28)27(14-22(29)26(2)3)18-9-6-16(7-10-18)23(30)25-20-13-17(8-11-19(20)24)21-5-4-12-31-21/h4-13H,14,24H2,1-3H3,(H,25,30). The van der Waals surface area contributed by atoms with Crippen molar-refractivity contribution in [1.29, 1.82) is 0 Å². The molecule has 31 heavy (non-hydrogen) atoms. The first-order valence-corrected chi connectivity index (χ1v) is 10.5. The Kier molecular flexibility index (Phi) is 6.71. The average molecular weight is 437 g/mol. The first-order valence-electron chi connectivity index (χ1n) is 9.59. The van der Waals surface area contributed by atoms with Crippen LogP contribution in [-0.4, -0.2) is 43.3 Å². The number of rotatable bonds is 6. The lowest BCUT2D eigenvalue weighted by molar-refractivity contribution is -0.129. The van der Waals surface area contributed by atoms with Crippen LogP contribution < -0.4 is 16.0 Å². The fourth-order valence-electron chi connectivity index (χ4n) is 2.91. The summed E-state index contributed by atoms with van der Waals surface area (Å²) in [6.07, 6.45) is 0. The molecular weight excluding hydrogens is 412 g/mol. The molecule has 0 spiro atoms. The van der Waals surface area contributed by atoms with Crippen LogP contribution in [0.5, 0.6) is 0 Å². The van der Waals surface area contributed by atoms with Gasteiger partial charge < -0.3 is 20.9 Å². The molecule has 0 radical (unpaired) electrons. The average Bonchev–Trinajstić information content (AvgIpc) is 3.28. The third-order valence-electron chi connectivity index (χ3n) is 4.72. The number of nitrogen functional groups attached to an aromatic ring is 1. The van der Waals surface area contributed by atoms with Crippen LogP contribution in [0.2, 0.25) is 0 Å². The highest BCUT2D eigenvalue weighted by Gasteiger charge is 2.18. The lowest BCUT2D eigenvalue weighted by atomic mass is 10.1. The molecule has 2 aromatic carbocycles. The molecule has 7 nitrogen and oxygen atoms in total. The van der Waals surface area contributed by atoms with Gasteiger partial charge in [-0.2, -0.15) is 0 Å². The van der Waals surface area contributed by atoms with Crippen molar-refractivity contribution in [3.8, 4) is 10.4 Å². The Hall–Kier alpha value is -3.65. The fourth-order valence-corrected chi connectivity index (χ4v) is 3.63. The number of nitrogens with zero attached hydrogens (tertiary/aromatic N) is 2. The second-order valence-electron chi connectivity index (χ2n) is 7.17. The molecule has 0 aliphatic carbocycles. The Balaban J connectivity index is 1.77. The maximum atomic E-state index is 12.7. The molecule has 0 fully saturated rings. The summed E-state index contributed by atoms with van der Waals surface area (Å²) < 4.78 is 0. The molecule has 0 saturated carbocycles. The van der Waals surface area contributed by atoms with Crippen LogP contribution in [0.25, 0.3) is 10.4 Å². The molecule has 8 heteroatoms. The molecule has 0 aliphatic rings. The number of likely N-dealkylation sites (N-methyl/N-ethyl adjacent to an activating group) is 1. The van der Waals surface area contributed by atoms with Gasteiger partial charge in [0.05, 0.1) is 11.4 Å². The van der Waals surface area contributed by atoms with Gasteiger partial charge in [0.2, 0.25) is 11.8 Å². The smallest absolute Gasteiger partial charge is 0.255 e. The summed E-state index contributed by atoms with van der Waals surface area (Å²) in [6, 6.07) is 16.0. The number of hydrogen-bond acceptors (Lipinski definition) is 5. The van der Waals surface area contributed by atoms with Crippen LogP contribution in [-0.2, 0) is 9.59 Å². The number of carbonyl (C=O) groups is 3. The predicted molar refractivity (Wildman–Crippen MR) is 125 cm³/mol. The molecule has 0 bridgehead atoms. The minimum absolute atomic E-state index is 0.0695. The van der Waals surface area contributed by atoms with E-state index in [-0.39, 0.29) is 24.3 Å². The maximum Gasteiger partial charge on any atom is 0.255 e. The number of benzene rings is 2. The van der Waals surface area contributed by atoms with Gasteiger partial charge in [0, 0.05) is 37.1 Å². The largest absolute Gasteiger partial charge is 0.397 e. The number of nitrogens with one attached hydrogen (secondary N) is 1. The van der Waals surface area contributed by atoms with Gasteiger partial charge in [-0.3, -0.25) is 14.4 Å². The summed E-state index contributed by atoms with van der Waals surface area (Å²) in [7, 11) is 3.26. The summed E-state index contributed by atoms with van der Waals surface area (Å²) in [5, 5.41) is 4.83. The van der Waals surface area contributed by atoms with Crippen LogP contribution in [0.3, 0.4) is 0 Å². The summed E-state index contributed by atoms with van der Waals surface area (Å²) in [4.78, 5) is 40.6.